The third-order valence-corrected chi connectivity index (χ3v) is 2.52. The molecule has 0 amide bonds. The van der Waals surface area contributed by atoms with E-state index in [4.69, 9.17) is 0 Å². The van der Waals surface area contributed by atoms with Crippen LogP contribution in [0.5, 0.6) is 0 Å². The van der Waals surface area contributed by atoms with E-state index in [-0.39, 0.29) is 17.3 Å². The van der Waals surface area contributed by atoms with E-state index in [1.54, 1.807) is 6.07 Å². The lowest BCUT2D eigenvalue weighted by atomic mass is 9.98. The van der Waals surface area contributed by atoms with Crippen molar-refractivity contribution in [3.05, 3.63) is 33.5 Å². The molecule has 1 aromatic rings. The third-order valence-electron chi connectivity index (χ3n) is 2.07. The summed E-state index contributed by atoms with van der Waals surface area (Å²) >= 11 is 3.26. The molecule has 0 unspecified atom stereocenters. The quantitative estimate of drug-likeness (QED) is 0.736. The summed E-state index contributed by atoms with van der Waals surface area (Å²) < 4.78 is 14.5. The van der Waals surface area contributed by atoms with E-state index in [2.05, 4.69) is 15.9 Å². The van der Waals surface area contributed by atoms with E-state index in [1.807, 2.05) is 13.8 Å². The SMILES string of the molecule is CC(=O)c1cc(Br)cc(C(C)C)c1F. The molecule has 0 heterocycles. The second-order valence-electron chi connectivity index (χ2n) is 3.57. The van der Waals surface area contributed by atoms with Crippen LogP contribution in [0.3, 0.4) is 0 Å². The van der Waals surface area contributed by atoms with Crippen molar-refractivity contribution < 1.29 is 9.18 Å². The number of benzene rings is 1. The Morgan fingerprint density at radius 3 is 2.43 bits per heavy atom. The summed E-state index contributed by atoms with van der Waals surface area (Å²) in [6, 6.07) is 3.23. The molecule has 1 aromatic carbocycles. The van der Waals surface area contributed by atoms with Gasteiger partial charge in [0.2, 0.25) is 0 Å². The lowest BCUT2D eigenvalue weighted by molar-refractivity contribution is 0.101. The van der Waals surface area contributed by atoms with E-state index >= 15 is 0 Å². The Morgan fingerprint density at radius 2 is 2.00 bits per heavy atom. The minimum absolute atomic E-state index is 0.0746. The van der Waals surface area contributed by atoms with Gasteiger partial charge in [-0.1, -0.05) is 29.8 Å². The van der Waals surface area contributed by atoms with Gasteiger partial charge >= 0.3 is 0 Å². The molecule has 0 aliphatic heterocycles. The van der Waals surface area contributed by atoms with Crippen molar-refractivity contribution in [2.75, 3.05) is 0 Å². The lowest BCUT2D eigenvalue weighted by Crippen LogP contribution is -2.03. The number of rotatable bonds is 2. The molecule has 3 heteroatoms. The smallest absolute Gasteiger partial charge is 0.162 e. The molecule has 1 rings (SSSR count). The highest BCUT2D eigenvalue weighted by Crippen LogP contribution is 2.26. The molecule has 0 aromatic heterocycles. The second-order valence-corrected chi connectivity index (χ2v) is 4.48. The van der Waals surface area contributed by atoms with Gasteiger partial charge in [0, 0.05) is 4.47 Å². The first-order chi connectivity index (χ1) is 6.43. The molecule has 0 atom stereocenters. The first-order valence-corrected chi connectivity index (χ1v) is 5.22. The summed E-state index contributed by atoms with van der Waals surface area (Å²) in [7, 11) is 0. The highest BCUT2D eigenvalue weighted by Gasteiger charge is 2.15. The fourth-order valence-corrected chi connectivity index (χ4v) is 1.76. The number of Topliss-reactive ketones (excluding diaryl/α,β-unsaturated/α-hetero) is 1. The molecule has 1 nitrogen and oxygen atoms in total. The van der Waals surface area contributed by atoms with Crippen LogP contribution in [0.2, 0.25) is 0 Å². The van der Waals surface area contributed by atoms with Crippen molar-refractivity contribution in [2.24, 2.45) is 0 Å². The Kier molecular flexibility index (Phi) is 3.43. The topological polar surface area (TPSA) is 17.1 Å². The van der Waals surface area contributed by atoms with Gasteiger partial charge in [-0.2, -0.15) is 0 Å². The summed E-state index contributed by atoms with van der Waals surface area (Å²) in [6.07, 6.45) is 0. The maximum Gasteiger partial charge on any atom is 0.162 e. The van der Waals surface area contributed by atoms with E-state index in [0.717, 1.165) is 4.47 Å². The maximum absolute atomic E-state index is 13.7. The number of halogens is 2. The average Bonchev–Trinajstić information content (AvgIpc) is 2.07. The molecule has 0 N–H and O–H groups in total. The highest BCUT2D eigenvalue weighted by atomic mass is 79.9. The number of carbonyl (C=O) groups excluding carboxylic acids is 1. The van der Waals surface area contributed by atoms with Crippen LogP contribution in [0.25, 0.3) is 0 Å². The van der Waals surface area contributed by atoms with E-state index in [0.29, 0.717) is 5.56 Å². The minimum Gasteiger partial charge on any atom is -0.294 e. The zero-order chi connectivity index (χ0) is 10.9. The molecule has 0 radical (unpaired) electrons. The summed E-state index contributed by atoms with van der Waals surface area (Å²) in [4.78, 5) is 11.1. The highest BCUT2D eigenvalue weighted by molar-refractivity contribution is 9.10. The normalized spacial score (nSPS) is 10.7. The molecule has 0 saturated carbocycles. The Labute approximate surface area is 91.5 Å². The molecule has 14 heavy (non-hydrogen) atoms. The van der Waals surface area contributed by atoms with Crippen LogP contribution in [-0.4, -0.2) is 5.78 Å². The van der Waals surface area contributed by atoms with Gasteiger partial charge in [-0.3, -0.25) is 4.79 Å². The fraction of sp³-hybridized carbons (Fsp3) is 0.364. The van der Waals surface area contributed by atoms with Crippen molar-refractivity contribution in [1.82, 2.24) is 0 Å². The summed E-state index contributed by atoms with van der Waals surface area (Å²) in [5, 5.41) is 0. The Balaban J connectivity index is 3.40. The van der Waals surface area contributed by atoms with Crippen LogP contribution in [0.4, 0.5) is 4.39 Å². The summed E-state index contributed by atoms with van der Waals surface area (Å²) in [5.74, 6) is -0.563. The zero-order valence-corrected chi connectivity index (χ0v) is 9.98. The van der Waals surface area contributed by atoms with Crippen LogP contribution in [0, 0.1) is 5.82 Å². The molecule has 0 spiro atoms. The van der Waals surface area contributed by atoms with Crippen LogP contribution in [-0.2, 0) is 0 Å². The molecule has 0 bridgehead atoms. The molecule has 0 saturated heterocycles. The van der Waals surface area contributed by atoms with Gasteiger partial charge < -0.3 is 0 Å². The second kappa shape index (κ2) is 4.22. The van der Waals surface area contributed by atoms with Crippen molar-refractivity contribution in [2.45, 2.75) is 26.7 Å². The Morgan fingerprint density at radius 1 is 1.43 bits per heavy atom. The largest absolute Gasteiger partial charge is 0.294 e. The van der Waals surface area contributed by atoms with Crippen LogP contribution in [0.15, 0.2) is 16.6 Å². The van der Waals surface area contributed by atoms with Gasteiger partial charge in [-0.15, -0.1) is 0 Å². The summed E-state index contributed by atoms with van der Waals surface area (Å²) in [6.45, 7) is 5.17. The van der Waals surface area contributed by atoms with Crippen LogP contribution >= 0.6 is 15.9 Å². The molecular weight excluding hydrogens is 247 g/mol. The zero-order valence-electron chi connectivity index (χ0n) is 8.40. The predicted molar refractivity (Wildman–Crippen MR) is 58.2 cm³/mol. The molecule has 0 fully saturated rings. The number of carbonyl (C=O) groups is 1. The molecular formula is C11H12BrFO. The minimum atomic E-state index is -0.393. The van der Waals surface area contributed by atoms with Gasteiger partial charge in [-0.05, 0) is 30.5 Å². The maximum atomic E-state index is 13.7. The van der Waals surface area contributed by atoms with Crippen LogP contribution < -0.4 is 0 Å². The van der Waals surface area contributed by atoms with Gasteiger partial charge in [-0.25, -0.2) is 4.39 Å². The lowest BCUT2D eigenvalue weighted by Gasteiger charge is -2.10. The number of hydrogen-bond acceptors (Lipinski definition) is 1. The van der Waals surface area contributed by atoms with E-state index < -0.39 is 5.82 Å². The van der Waals surface area contributed by atoms with Gasteiger partial charge in [0.1, 0.15) is 5.82 Å². The van der Waals surface area contributed by atoms with E-state index in [1.165, 1.54) is 13.0 Å². The van der Waals surface area contributed by atoms with E-state index in [9.17, 15) is 9.18 Å². The van der Waals surface area contributed by atoms with Crippen molar-refractivity contribution >= 4 is 21.7 Å². The first-order valence-electron chi connectivity index (χ1n) is 4.43. The Bertz CT molecular complexity index is 372. The van der Waals surface area contributed by atoms with Gasteiger partial charge in [0.25, 0.3) is 0 Å². The molecule has 0 aliphatic carbocycles. The number of hydrogen-bond donors (Lipinski definition) is 0. The van der Waals surface area contributed by atoms with Crippen molar-refractivity contribution in [3.63, 3.8) is 0 Å². The Hall–Kier alpha value is -0.700. The van der Waals surface area contributed by atoms with Gasteiger partial charge in [0.05, 0.1) is 5.56 Å². The van der Waals surface area contributed by atoms with Gasteiger partial charge in [0.15, 0.2) is 5.78 Å². The van der Waals surface area contributed by atoms with Crippen LogP contribution in [0.1, 0.15) is 42.6 Å². The van der Waals surface area contributed by atoms with Crippen molar-refractivity contribution in [1.29, 1.82) is 0 Å². The average molecular weight is 259 g/mol. The third kappa shape index (κ3) is 2.21. The fourth-order valence-electron chi connectivity index (χ4n) is 1.29. The van der Waals surface area contributed by atoms with Crippen molar-refractivity contribution in [3.8, 4) is 0 Å². The number of ketones is 1. The summed E-state index contributed by atoms with van der Waals surface area (Å²) in [5.41, 5.74) is 0.729. The molecule has 76 valence electrons. The monoisotopic (exact) mass is 258 g/mol. The molecule has 0 aliphatic rings. The first kappa shape index (κ1) is 11.4. The predicted octanol–water partition coefficient (Wildman–Crippen LogP) is 3.91. The standard InChI is InChI=1S/C11H12BrFO/c1-6(2)9-4-8(12)5-10(7(3)14)11(9)13/h4-6H,1-3H3.